The molecule has 1 aliphatic rings. The van der Waals surface area contributed by atoms with Crippen molar-refractivity contribution in [1.29, 1.82) is 0 Å². The van der Waals surface area contributed by atoms with E-state index < -0.39 is 17.7 Å². The van der Waals surface area contributed by atoms with Gasteiger partial charge in [-0.25, -0.2) is 9.07 Å². The molecule has 0 saturated carbocycles. The van der Waals surface area contributed by atoms with E-state index in [1.807, 2.05) is 0 Å². The van der Waals surface area contributed by atoms with Gasteiger partial charge < -0.3 is 0 Å². The maximum Gasteiger partial charge on any atom is 0.435 e. The summed E-state index contributed by atoms with van der Waals surface area (Å²) in [4.78, 5) is 2.54. The molecule has 1 aliphatic carbocycles. The van der Waals surface area contributed by atoms with Crippen molar-refractivity contribution in [1.82, 2.24) is 9.78 Å². The van der Waals surface area contributed by atoms with Gasteiger partial charge in [0, 0.05) is 21.9 Å². The Bertz CT molecular complexity index is 802. The molecule has 5 nitrogen and oxygen atoms in total. The second kappa shape index (κ2) is 5.58. The molecule has 0 fully saturated rings. The highest BCUT2D eigenvalue weighted by Gasteiger charge is 2.39. The zero-order valence-corrected chi connectivity index (χ0v) is 11.8. The maximum atomic E-state index is 14.2. The van der Waals surface area contributed by atoms with Crippen molar-refractivity contribution in [2.75, 3.05) is 0 Å². The first kappa shape index (κ1) is 15.4. The maximum absolute atomic E-state index is 14.2. The fourth-order valence-corrected chi connectivity index (χ4v) is 2.81. The average Bonchev–Trinajstić information content (AvgIpc) is 2.87. The van der Waals surface area contributed by atoms with Crippen molar-refractivity contribution in [2.24, 2.45) is 5.11 Å². The molecule has 0 radical (unpaired) electrons. The zero-order valence-electron chi connectivity index (χ0n) is 11.8. The summed E-state index contributed by atoms with van der Waals surface area (Å²) in [6.07, 6.45) is -2.50. The molecule has 2 aromatic rings. The van der Waals surface area contributed by atoms with E-state index in [0.29, 0.717) is 18.5 Å². The van der Waals surface area contributed by atoms with Gasteiger partial charge in [0.1, 0.15) is 11.5 Å². The summed E-state index contributed by atoms with van der Waals surface area (Å²) in [6.45, 7) is 0. The Kier molecular flexibility index (Phi) is 3.73. The van der Waals surface area contributed by atoms with Crippen molar-refractivity contribution >= 4 is 5.69 Å². The number of nitrogens with zero attached hydrogens (tertiary/aromatic N) is 5. The monoisotopic (exact) mass is 325 g/mol. The fraction of sp³-hybridized carbons (Fsp3) is 0.357. The molecule has 0 N–H and O–H groups in total. The van der Waals surface area contributed by atoms with Crippen LogP contribution in [0.4, 0.5) is 23.2 Å². The Hall–Kier alpha value is -2.54. The minimum Gasteiger partial charge on any atom is -0.234 e. The van der Waals surface area contributed by atoms with Gasteiger partial charge in [0.15, 0.2) is 5.69 Å². The molecule has 0 atom stereocenters. The number of aromatic nitrogens is 2. The van der Waals surface area contributed by atoms with Gasteiger partial charge in [0.25, 0.3) is 0 Å². The first-order valence-corrected chi connectivity index (χ1v) is 6.95. The highest BCUT2D eigenvalue weighted by Crippen LogP contribution is 2.37. The Balaban J connectivity index is 2.17. The lowest BCUT2D eigenvalue weighted by atomic mass is 9.95. The second-order valence-corrected chi connectivity index (χ2v) is 5.22. The van der Waals surface area contributed by atoms with Crippen LogP contribution in [0, 0.1) is 5.82 Å². The van der Waals surface area contributed by atoms with Gasteiger partial charge in [-0.1, -0.05) is 11.2 Å². The first-order chi connectivity index (χ1) is 10.9. The number of hydrogen-bond donors (Lipinski definition) is 0. The summed E-state index contributed by atoms with van der Waals surface area (Å²) in [5, 5.41) is 6.88. The van der Waals surface area contributed by atoms with Gasteiger partial charge in [-0.2, -0.15) is 18.3 Å². The molecule has 9 heteroatoms. The van der Waals surface area contributed by atoms with E-state index in [1.165, 1.54) is 12.1 Å². The molecule has 0 bridgehead atoms. The third-order valence-corrected chi connectivity index (χ3v) is 3.77. The number of fused-ring (bicyclic) bond motifs is 1. The molecule has 0 aliphatic heterocycles. The first-order valence-electron chi connectivity index (χ1n) is 6.95. The SMILES string of the molecule is [N-]=[N+]=Nc1ccc(-n2nc(C(F)(F)F)c3c2CCCC3)c(F)c1. The van der Waals surface area contributed by atoms with Crippen molar-refractivity contribution < 1.29 is 17.6 Å². The van der Waals surface area contributed by atoms with Crippen LogP contribution in [-0.4, -0.2) is 9.78 Å². The standard InChI is InChI=1S/C14H11F4N5/c15-10-7-8(20-22-19)5-6-12(10)23-11-4-2-1-3-9(11)13(21-23)14(16,17)18/h5-7H,1-4H2. The van der Waals surface area contributed by atoms with Crippen molar-refractivity contribution in [2.45, 2.75) is 31.9 Å². The van der Waals surface area contributed by atoms with E-state index in [0.717, 1.165) is 17.2 Å². The highest BCUT2D eigenvalue weighted by atomic mass is 19.4. The molecule has 0 saturated heterocycles. The number of alkyl halides is 3. The number of halogens is 4. The smallest absolute Gasteiger partial charge is 0.234 e. The molecule has 1 aromatic carbocycles. The summed E-state index contributed by atoms with van der Waals surface area (Å²) in [6, 6.07) is 3.57. The molecule has 1 heterocycles. The summed E-state index contributed by atoms with van der Waals surface area (Å²) in [5.41, 5.74) is 7.88. The van der Waals surface area contributed by atoms with Crippen LogP contribution in [0.15, 0.2) is 23.3 Å². The van der Waals surface area contributed by atoms with E-state index in [9.17, 15) is 17.6 Å². The average molecular weight is 325 g/mol. The van der Waals surface area contributed by atoms with Gasteiger partial charge in [-0.3, -0.25) is 0 Å². The van der Waals surface area contributed by atoms with Crippen LogP contribution in [0.1, 0.15) is 29.8 Å². The zero-order chi connectivity index (χ0) is 16.6. The van der Waals surface area contributed by atoms with E-state index in [-0.39, 0.29) is 23.4 Å². The van der Waals surface area contributed by atoms with Crippen LogP contribution in [0.2, 0.25) is 0 Å². The van der Waals surface area contributed by atoms with Crippen LogP contribution in [0.25, 0.3) is 16.1 Å². The van der Waals surface area contributed by atoms with Gasteiger partial charge >= 0.3 is 6.18 Å². The molecule has 120 valence electrons. The Labute approximate surface area is 128 Å². The minimum atomic E-state index is -4.58. The van der Waals surface area contributed by atoms with Gasteiger partial charge in [-0.05, 0) is 43.3 Å². The molecule has 0 spiro atoms. The summed E-state index contributed by atoms with van der Waals surface area (Å²) < 4.78 is 54.7. The lowest BCUT2D eigenvalue weighted by Gasteiger charge is -2.15. The van der Waals surface area contributed by atoms with Crippen LogP contribution in [-0.2, 0) is 19.0 Å². The van der Waals surface area contributed by atoms with Crippen LogP contribution in [0.5, 0.6) is 0 Å². The predicted octanol–water partition coefficient (Wildman–Crippen LogP) is 4.85. The van der Waals surface area contributed by atoms with Crippen LogP contribution >= 0.6 is 0 Å². The number of azide groups is 1. The van der Waals surface area contributed by atoms with Gasteiger partial charge in [0.05, 0.1) is 0 Å². The van der Waals surface area contributed by atoms with Gasteiger partial charge in [0.2, 0.25) is 0 Å². The van der Waals surface area contributed by atoms with Crippen molar-refractivity contribution in [3.63, 3.8) is 0 Å². The van der Waals surface area contributed by atoms with E-state index in [1.54, 1.807) is 0 Å². The molecule has 0 amide bonds. The lowest BCUT2D eigenvalue weighted by molar-refractivity contribution is -0.142. The molecular formula is C14H11F4N5. The lowest BCUT2D eigenvalue weighted by Crippen LogP contribution is -2.11. The summed E-state index contributed by atoms with van der Waals surface area (Å²) in [5.74, 6) is -0.792. The van der Waals surface area contributed by atoms with Crippen LogP contribution in [0.3, 0.4) is 0 Å². The molecule has 3 rings (SSSR count). The molecule has 0 unspecified atom stereocenters. The normalized spacial score (nSPS) is 14.3. The molecule has 1 aromatic heterocycles. The van der Waals surface area contributed by atoms with Crippen molar-refractivity contribution in [3.8, 4) is 5.69 Å². The Morgan fingerprint density at radius 2 is 1.96 bits per heavy atom. The molecule has 23 heavy (non-hydrogen) atoms. The quantitative estimate of drug-likeness (QED) is 0.337. The number of hydrogen-bond acceptors (Lipinski definition) is 2. The fourth-order valence-electron chi connectivity index (χ4n) is 2.81. The number of rotatable bonds is 2. The van der Waals surface area contributed by atoms with Crippen LogP contribution < -0.4 is 0 Å². The number of benzene rings is 1. The van der Waals surface area contributed by atoms with Gasteiger partial charge in [-0.15, -0.1) is 0 Å². The highest BCUT2D eigenvalue weighted by molar-refractivity contribution is 5.47. The third kappa shape index (κ3) is 2.75. The topological polar surface area (TPSA) is 66.6 Å². The van der Waals surface area contributed by atoms with Crippen molar-refractivity contribution in [3.05, 3.63) is 51.4 Å². The van der Waals surface area contributed by atoms with E-state index in [2.05, 4.69) is 15.1 Å². The van der Waals surface area contributed by atoms with E-state index in [4.69, 9.17) is 5.53 Å². The minimum absolute atomic E-state index is 0.0471. The molecular weight excluding hydrogens is 314 g/mol. The second-order valence-electron chi connectivity index (χ2n) is 5.22. The van der Waals surface area contributed by atoms with E-state index >= 15 is 0 Å². The third-order valence-electron chi connectivity index (χ3n) is 3.77. The largest absolute Gasteiger partial charge is 0.435 e. The Morgan fingerprint density at radius 1 is 1.22 bits per heavy atom. The Morgan fingerprint density at radius 3 is 2.61 bits per heavy atom. The summed E-state index contributed by atoms with van der Waals surface area (Å²) in [7, 11) is 0. The predicted molar refractivity (Wildman–Crippen MR) is 74.0 cm³/mol. The summed E-state index contributed by atoms with van der Waals surface area (Å²) >= 11 is 0.